The SMILES string of the molecule is CN(C)Cc1ccc(-c2cccc(-n3c(=O)n(C4CCC(NC(=O)O)CC4)c(=O)c4cc(F)cnc43)c2)cc1. The number of hydrogen-bond acceptors (Lipinski definition) is 5. The lowest BCUT2D eigenvalue weighted by Crippen LogP contribution is -2.45. The van der Waals surface area contributed by atoms with Gasteiger partial charge in [-0.2, -0.15) is 0 Å². The Morgan fingerprint density at radius 3 is 2.44 bits per heavy atom. The van der Waals surface area contributed by atoms with E-state index >= 15 is 0 Å². The van der Waals surface area contributed by atoms with E-state index in [4.69, 9.17) is 5.11 Å². The fourth-order valence-electron chi connectivity index (χ4n) is 5.38. The summed E-state index contributed by atoms with van der Waals surface area (Å²) in [7, 11) is 4.02. The Kier molecular flexibility index (Phi) is 7.30. The van der Waals surface area contributed by atoms with Gasteiger partial charge < -0.3 is 15.3 Å². The van der Waals surface area contributed by atoms with Crippen LogP contribution in [0, 0.1) is 5.82 Å². The molecule has 0 aliphatic heterocycles. The standard InChI is InChI=1S/C29H30FN5O4/c1-33(2)17-18-6-8-19(9-7-18)20-4-3-5-24(14-20)34-26-25(15-21(30)16-31-26)27(36)35(29(34)39)23-12-10-22(11-13-23)32-28(37)38/h3-9,14-16,22-23,32H,10-13,17H2,1-2H3,(H,37,38). The van der Waals surface area contributed by atoms with Crippen molar-refractivity contribution < 1.29 is 14.3 Å². The molecule has 0 atom stereocenters. The first kappa shape index (κ1) is 26.3. The van der Waals surface area contributed by atoms with E-state index in [1.807, 2.05) is 44.4 Å². The second kappa shape index (κ2) is 10.8. The molecule has 2 aromatic carbocycles. The quantitative estimate of drug-likeness (QED) is 0.387. The summed E-state index contributed by atoms with van der Waals surface area (Å²) in [5, 5.41) is 11.5. The summed E-state index contributed by atoms with van der Waals surface area (Å²) in [4.78, 5) is 44.7. The van der Waals surface area contributed by atoms with E-state index in [9.17, 15) is 18.8 Å². The Balaban J connectivity index is 1.59. The zero-order valence-corrected chi connectivity index (χ0v) is 21.8. The third kappa shape index (κ3) is 5.46. The number of halogens is 1. The molecule has 0 unspecified atom stereocenters. The topological polar surface area (TPSA) is 109 Å². The Morgan fingerprint density at radius 2 is 1.77 bits per heavy atom. The predicted octanol–water partition coefficient (Wildman–Crippen LogP) is 4.17. The Labute approximate surface area is 224 Å². The first-order valence-corrected chi connectivity index (χ1v) is 12.9. The summed E-state index contributed by atoms with van der Waals surface area (Å²) in [5.41, 5.74) is 2.46. The van der Waals surface area contributed by atoms with Crippen molar-refractivity contribution in [2.45, 2.75) is 44.3 Å². The van der Waals surface area contributed by atoms with Gasteiger partial charge in [-0.1, -0.05) is 36.4 Å². The molecule has 0 spiro atoms. The van der Waals surface area contributed by atoms with Gasteiger partial charge in [-0.15, -0.1) is 0 Å². The lowest BCUT2D eigenvalue weighted by Gasteiger charge is -2.29. The highest BCUT2D eigenvalue weighted by Gasteiger charge is 2.28. The van der Waals surface area contributed by atoms with Gasteiger partial charge in [0.05, 0.1) is 17.3 Å². The predicted molar refractivity (Wildman–Crippen MR) is 147 cm³/mol. The van der Waals surface area contributed by atoms with Crippen molar-refractivity contribution in [3.63, 3.8) is 0 Å². The zero-order valence-electron chi connectivity index (χ0n) is 21.8. The highest BCUT2D eigenvalue weighted by atomic mass is 19.1. The first-order chi connectivity index (χ1) is 18.7. The molecular weight excluding hydrogens is 501 g/mol. The van der Waals surface area contributed by atoms with Crippen molar-refractivity contribution in [1.82, 2.24) is 24.3 Å². The molecule has 5 rings (SSSR count). The molecule has 1 aliphatic carbocycles. The van der Waals surface area contributed by atoms with Gasteiger partial charge in [-0.05, 0) is 74.7 Å². The number of nitrogens with zero attached hydrogens (tertiary/aromatic N) is 4. The third-order valence-electron chi connectivity index (χ3n) is 7.17. The van der Waals surface area contributed by atoms with E-state index < -0.39 is 29.2 Å². The van der Waals surface area contributed by atoms with E-state index in [1.165, 1.54) is 14.7 Å². The van der Waals surface area contributed by atoms with Crippen molar-refractivity contribution in [3.8, 4) is 16.8 Å². The smallest absolute Gasteiger partial charge is 0.404 e. The van der Waals surface area contributed by atoms with Gasteiger partial charge in [-0.25, -0.2) is 23.5 Å². The van der Waals surface area contributed by atoms with Crippen LogP contribution in [0.25, 0.3) is 27.8 Å². The minimum atomic E-state index is -1.10. The van der Waals surface area contributed by atoms with Crippen molar-refractivity contribution in [1.29, 1.82) is 0 Å². The van der Waals surface area contributed by atoms with Gasteiger partial charge in [0.1, 0.15) is 5.82 Å². The lowest BCUT2D eigenvalue weighted by atomic mass is 9.91. The van der Waals surface area contributed by atoms with Crippen LogP contribution in [0.5, 0.6) is 0 Å². The van der Waals surface area contributed by atoms with E-state index in [1.54, 1.807) is 6.07 Å². The number of pyridine rings is 1. The van der Waals surface area contributed by atoms with E-state index in [-0.39, 0.29) is 17.1 Å². The zero-order chi connectivity index (χ0) is 27.7. The summed E-state index contributed by atoms with van der Waals surface area (Å²) in [5.74, 6) is -0.669. The molecule has 2 N–H and O–H groups in total. The highest BCUT2D eigenvalue weighted by Crippen LogP contribution is 2.28. The van der Waals surface area contributed by atoms with Gasteiger partial charge in [0, 0.05) is 18.6 Å². The van der Waals surface area contributed by atoms with E-state index in [0.29, 0.717) is 31.4 Å². The average Bonchev–Trinajstić information content (AvgIpc) is 2.90. The molecule has 0 saturated heterocycles. The number of nitrogens with one attached hydrogen (secondary N) is 1. The van der Waals surface area contributed by atoms with E-state index in [0.717, 1.165) is 29.9 Å². The number of carbonyl (C=O) groups is 1. The third-order valence-corrected chi connectivity index (χ3v) is 7.17. The van der Waals surface area contributed by atoms with Crippen molar-refractivity contribution in [3.05, 3.63) is 93.0 Å². The normalized spacial score (nSPS) is 17.4. The largest absolute Gasteiger partial charge is 0.465 e. The molecule has 9 nitrogen and oxygen atoms in total. The van der Waals surface area contributed by atoms with Gasteiger partial charge in [0.25, 0.3) is 5.56 Å². The van der Waals surface area contributed by atoms with Crippen LogP contribution in [0.2, 0.25) is 0 Å². The summed E-state index contributed by atoms with van der Waals surface area (Å²) in [6.45, 7) is 0.819. The lowest BCUT2D eigenvalue weighted by molar-refractivity contribution is 0.182. The maximum atomic E-state index is 14.2. The molecule has 1 saturated carbocycles. The van der Waals surface area contributed by atoms with Crippen LogP contribution in [0.3, 0.4) is 0 Å². The second-order valence-corrected chi connectivity index (χ2v) is 10.3. The van der Waals surface area contributed by atoms with Gasteiger partial charge in [0.15, 0.2) is 5.65 Å². The van der Waals surface area contributed by atoms with Crippen molar-refractivity contribution in [2.75, 3.05) is 14.1 Å². The van der Waals surface area contributed by atoms with Gasteiger partial charge in [-0.3, -0.25) is 9.36 Å². The molecule has 1 aliphatic rings. The molecule has 0 radical (unpaired) electrons. The number of carboxylic acid groups (broad SMARTS) is 1. The van der Waals surface area contributed by atoms with Gasteiger partial charge in [0.2, 0.25) is 0 Å². The summed E-state index contributed by atoms with van der Waals surface area (Å²) in [6, 6.07) is 16.0. The molecule has 4 aromatic rings. The fourth-order valence-corrected chi connectivity index (χ4v) is 5.38. The average molecular weight is 532 g/mol. The minimum Gasteiger partial charge on any atom is -0.465 e. The molecule has 10 heteroatoms. The van der Waals surface area contributed by atoms with Crippen molar-refractivity contribution in [2.24, 2.45) is 0 Å². The molecule has 1 fully saturated rings. The van der Waals surface area contributed by atoms with Crippen LogP contribution >= 0.6 is 0 Å². The Bertz CT molecular complexity index is 1640. The highest BCUT2D eigenvalue weighted by molar-refractivity contribution is 5.76. The fraction of sp³-hybridized carbons (Fsp3) is 0.310. The number of aromatic nitrogens is 3. The summed E-state index contributed by atoms with van der Waals surface area (Å²) in [6.07, 6.45) is 1.75. The van der Waals surface area contributed by atoms with Crippen LogP contribution in [0.4, 0.5) is 9.18 Å². The molecule has 2 heterocycles. The van der Waals surface area contributed by atoms with Crippen LogP contribution in [-0.4, -0.2) is 50.4 Å². The van der Waals surface area contributed by atoms with Crippen molar-refractivity contribution >= 4 is 17.1 Å². The second-order valence-electron chi connectivity index (χ2n) is 10.3. The number of hydrogen-bond donors (Lipinski definition) is 2. The monoisotopic (exact) mass is 531 g/mol. The number of fused-ring (bicyclic) bond motifs is 1. The first-order valence-electron chi connectivity index (χ1n) is 12.9. The van der Waals surface area contributed by atoms with Gasteiger partial charge >= 0.3 is 11.8 Å². The molecule has 0 bridgehead atoms. The van der Waals surface area contributed by atoms with E-state index in [2.05, 4.69) is 27.3 Å². The summed E-state index contributed by atoms with van der Waals surface area (Å²) >= 11 is 0. The molecular formula is C29H30FN5O4. The Morgan fingerprint density at radius 1 is 1.05 bits per heavy atom. The summed E-state index contributed by atoms with van der Waals surface area (Å²) < 4.78 is 16.8. The van der Waals surface area contributed by atoms with Crippen LogP contribution in [0.15, 0.2) is 70.4 Å². The molecule has 39 heavy (non-hydrogen) atoms. The number of amides is 1. The van der Waals surface area contributed by atoms with Crippen LogP contribution < -0.4 is 16.6 Å². The number of benzene rings is 2. The molecule has 2 aromatic heterocycles. The molecule has 1 amide bonds. The Hall–Kier alpha value is -4.31. The molecule has 202 valence electrons. The maximum absolute atomic E-state index is 14.2. The maximum Gasteiger partial charge on any atom is 0.404 e. The minimum absolute atomic E-state index is 0.0128. The van der Waals surface area contributed by atoms with Crippen LogP contribution in [-0.2, 0) is 6.54 Å². The number of rotatable bonds is 6. The van der Waals surface area contributed by atoms with Crippen LogP contribution in [0.1, 0.15) is 37.3 Å².